The van der Waals surface area contributed by atoms with E-state index in [-0.39, 0.29) is 19.3 Å². The van der Waals surface area contributed by atoms with E-state index in [2.05, 4.69) is 16.0 Å². The van der Waals surface area contributed by atoms with E-state index < -0.39 is 78.4 Å². The number of hydrogen-bond acceptors (Lipinski definition) is 9. The molecule has 0 heterocycles. The monoisotopic (exact) mass is 505 g/mol. The summed E-state index contributed by atoms with van der Waals surface area (Å²) in [5, 5.41) is 16.0. The fourth-order valence-corrected chi connectivity index (χ4v) is 3.07. The van der Waals surface area contributed by atoms with E-state index in [0.717, 1.165) is 0 Å². The number of carbonyl (C=O) groups excluding carboxylic acids is 6. The zero-order valence-corrected chi connectivity index (χ0v) is 19.4. The van der Waals surface area contributed by atoms with Crippen LogP contribution in [0.25, 0.3) is 0 Å². The third-order valence-electron chi connectivity index (χ3n) is 4.33. The number of amides is 6. The van der Waals surface area contributed by atoms with Crippen molar-refractivity contribution in [3.8, 4) is 0 Å². The number of nitrogens with two attached hydrogens (primary N) is 4. The van der Waals surface area contributed by atoms with Crippen LogP contribution in [0.3, 0.4) is 0 Å². The summed E-state index contributed by atoms with van der Waals surface area (Å²) >= 11 is 1.36. The average molecular weight is 506 g/mol. The molecule has 0 saturated carbocycles. The molecule has 15 nitrogen and oxygen atoms in total. The van der Waals surface area contributed by atoms with Crippen molar-refractivity contribution in [1.82, 2.24) is 16.0 Å². The number of thioether (sulfide) groups is 1. The van der Waals surface area contributed by atoms with Gasteiger partial charge in [-0.15, -0.1) is 0 Å². The Bertz CT molecular complexity index is 794. The summed E-state index contributed by atoms with van der Waals surface area (Å²) in [5.74, 6) is -6.39. The molecular weight excluding hydrogens is 474 g/mol. The molecule has 0 fully saturated rings. The molecule has 0 aliphatic heterocycles. The Balaban J connectivity index is 5.56. The van der Waals surface area contributed by atoms with Crippen LogP contribution in [0.2, 0.25) is 0 Å². The van der Waals surface area contributed by atoms with E-state index in [0.29, 0.717) is 5.75 Å². The van der Waals surface area contributed by atoms with E-state index in [4.69, 9.17) is 22.9 Å². The van der Waals surface area contributed by atoms with Gasteiger partial charge in [-0.3, -0.25) is 28.8 Å². The van der Waals surface area contributed by atoms with Crippen LogP contribution in [0.5, 0.6) is 0 Å². The van der Waals surface area contributed by atoms with Gasteiger partial charge in [0.05, 0.1) is 18.9 Å². The summed E-state index contributed by atoms with van der Waals surface area (Å²) in [4.78, 5) is 82.2. The molecule has 0 radical (unpaired) electrons. The molecule has 6 amide bonds. The smallest absolute Gasteiger partial charge is 0.326 e. The van der Waals surface area contributed by atoms with Crippen LogP contribution in [0.15, 0.2) is 0 Å². The van der Waals surface area contributed by atoms with Gasteiger partial charge in [0.1, 0.15) is 18.1 Å². The van der Waals surface area contributed by atoms with E-state index in [1.807, 2.05) is 0 Å². The van der Waals surface area contributed by atoms with Gasteiger partial charge < -0.3 is 44.0 Å². The van der Waals surface area contributed by atoms with E-state index in [1.165, 1.54) is 11.8 Å². The number of carbonyl (C=O) groups is 7. The summed E-state index contributed by atoms with van der Waals surface area (Å²) in [6, 6.07) is -5.58. The predicted molar refractivity (Wildman–Crippen MR) is 120 cm³/mol. The Morgan fingerprint density at radius 1 is 0.735 bits per heavy atom. The summed E-state index contributed by atoms with van der Waals surface area (Å²) < 4.78 is 0. The second-order valence-electron chi connectivity index (χ2n) is 7.26. The Hall–Kier alpha value is -3.40. The van der Waals surface area contributed by atoms with Crippen molar-refractivity contribution in [3.05, 3.63) is 0 Å². The molecule has 0 saturated heterocycles. The molecule has 0 aromatic heterocycles. The Labute approximate surface area is 199 Å². The average Bonchev–Trinajstić information content (AvgIpc) is 2.71. The highest BCUT2D eigenvalue weighted by Gasteiger charge is 2.31. The van der Waals surface area contributed by atoms with E-state index in [9.17, 15) is 38.7 Å². The van der Waals surface area contributed by atoms with Crippen LogP contribution in [0.4, 0.5) is 0 Å². The first-order valence-corrected chi connectivity index (χ1v) is 11.4. The van der Waals surface area contributed by atoms with Crippen LogP contribution in [0, 0.1) is 0 Å². The lowest BCUT2D eigenvalue weighted by atomic mass is 10.1. The highest BCUT2D eigenvalue weighted by Crippen LogP contribution is 2.06. The van der Waals surface area contributed by atoms with Gasteiger partial charge in [-0.1, -0.05) is 0 Å². The van der Waals surface area contributed by atoms with Crippen molar-refractivity contribution in [2.24, 2.45) is 22.9 Å². The number of carboxylic acids is 1. The lowest BCUT2D eigenvalue weighted by Gasteiger charge is -2.24. The molecule has 0 rings (SSSR count). The van der Waals surface area contributed by atoms with Crippen LogP contribution in [-0.2, 0) is 33.6 Å². The minimum atomic E-state index is -1.67. The van der Waals surface area contributed by atoms with Crippen molar-refractivity contribution in [1.29, 1.82) is 0 Å². The van der Waals surface area contributed by atoms with Gasteiger partial charge in [-0.25, -0.2) is 4.79 Å². The predicted octanol–water partition coefficient (Wildman–Crippen LogP) is -4.38. The van der Waals surface area contributed by atoms with Gasteiger partial charge >= 0.3 is 5.97 Å². The number of carboxylic acid groups (broad SMARTS) is 1. The molecule has 0 spiro atoms. The molecule has 34 heavy (non-hydrogen) atoms. The highest BCUT2D eigenvalue weighted by molar-refractivity contribution is 7.98. The molecule has 0 aromatic carbocycles. The second-order valence-corrected chi connectivity index (χ2v) is 8.24. The Morgan fingerprint density at radius 2 is 1.21 bits per heavy atom. The molecule has 4 unspecified atom stereocenters. The molecule has 192 valence electrons. The Kier molecular flexibility index (Phi) is 13.9. The van der Waals surface area contributed by atoms with Gasteiger partial charge in [0.15, 0.2) is 0 Å². The maximum Gasteiger partial charge on any atom is 0.326 e. The fourth-order valence-electron chi connectivity index (χ4n) is 2.59. The number of aliphatic carboxylic acids is 1. The van der Waals surface area contributed by atoms with Gasteiger partial charge in [-0.2, -0.15) is 11.8 Å². The second kappa shape index (κ2) is 15.4. The third-order valence-corrected chi connectivity index (χ3v) is 4.98. The molecular formula is C18H31N7O8S. The molecule has 16 heteroatoms. The zero-order valence-electron chi connectivity index (χ0n) is 18.6. The molecule has 4 atom stereocenters. The molecule has 0 aromatic rings. The molecule has 12 N–H and O–H groups in total. The van der Waals surface area contributed by atoms with Crippen LogP contribution in [0.1, 0.15) is 32.1 Å². The first-order chi connectivity index (χ1) is 15.8. The standard InChI is InChI=1S/C18H31N7O8S/c1-34-5-4-10(23-15(29)8(19)6-13(21)27)17(31)24-9(2-3-12(20)26)16(30)25-11(18(32)33)7-14(22)28/h8-11H,2-7,19H2,1H3,(H2,20,26)(H2,21,27)(H2,22,28)(H,23,29)(H,24,31)(H,25,30)(H,32,33). The quantitative estimate of drug-likeness (QED) is 0.0939. The number of nitrogens with one attached hydrogen (secondary N) is 3. The van der Waals surface area contributed by atoms with Gasteiger partial charge in [-0.05, 0) is 24.9 Å². The van der Waals surface area contributed by atoms with E-state index >= 15 is 0 Å². The SMILES string of the molecule is CSCCC(NC(=O)C(N)CC(N)=O)C(=O)NC(CCC(N)=O)C(=O)NC(CC(N)=O)C(=O)O. The zero-order chi connectivity index (χ0) is 26.4. The number of hydrogen-bond donors (Lipinski definition) is 8. The maximum absolute atomic E-state index is 12.8. The summed E-state index contributed by atoms with van der Waals surface area (Å²) in [7, 11) is 0. The lowest BCUT2D eigenvalue weighted by Crippen LogP contribution is -2.57. The molecule has 0 aliphatic rings. The topological polar surface area (TPSA) is 280 Å². The Morgan fingerprint density at radius 3 is 1.65 bits per heavy atom. The minimum absolute atomic E-state index is 0.117. The highest BCUT2D eigenvalue weighted by atomic mass is 32.2. The van der Waals surface area contributed by atoms with Gasteiger partial charge in [0, 0.05) is 6.42 Å². The van der Waals surface area contributed by atoms with Crippen LogP contribution in [-0.4, -0.2) is 82.7 Å². The number of rotatable bonds is 17. The summed E-state index contributed by atoms with van der Waals surface area (Å²) in [5.41, 5.74) is 20.7. The van der Waals surface area contributed by atoms with Gasteiger partial charge in [0.25, 0.3) is 0 Å². The van der Waals surface area contributed by atoms with E-state index in [1.54, 1.807) is 6.26 Å². The minimum Gasteiger partial charge on any atom is -0.480 e. The van der Waals surface area contributed by atoms with Gasteiger partial charge in [0.2, 0.25) is 35.4 Å². The summed E-state index contributed by atoms with van der Waals surface area (Å²) in [6.45, 7) is 0. The molecule has 0 bridgehead atoms. The van der Waals surface area contributed by atoms with Crippen LogP contribution >= 0.6 is 11.8 Å². The molecule has 0 aliphatic carbocycles. The van der Waals surface area contributed by atoms with Crippen molar-refractivity contribution in [2.45, 2.75) is 56.3 Å². The fraction of sp³-hybridized carbons (Fsp3) is 0.611. The largest absolute Gasteiger partial charge is 0.480 e. The lowest BCUT2D eigenvalue weighted by molar-refractivity contribution is -0.144. The first kappa shape index (κ1) is 30.6. The normalized spacial score (nSPS) is 14.1. The van der Waals surface area contributed by atoms with Crippen molar-refractivity contribution in [3.63, 3.8) is 0 Å². The third kappa shape index (κ3) is 12.6. The van der Waals surface area contributed by atoms with Crippen molar-refractivity contribution in [2.75, 3.05) is 12.0 Å². The van der Waals surface area contributed by atoms with Crippen molar-refractivity contribution >= 4 is 53.2 Å². The van der Waals surface area contributed by atoms with Crippen LogP contribution < -0.4 is 38.9 Å². The van der Waals surface area contributed by atoms with Crippen molar-refractivity contribution < 1.29 is 38.7 Å². The maximum atomic E-state index is 12.8. The summed E-state index contributed by atoms with van der Waals surface area (Å²) in [6.07, 6.45) is 0.0804. The first-order valence-electron chi connectivity index (χ1n) is 10.0. The number of primary amides is 3.